The summed E-state index contributed by atoms with van der Waals surface area (Å²) in [6.07, 6.45) is 1.21. The molecule has 136 valence electrons. The van der Waals surface area contributed by atoms with Gasteiger partial charge in [0.05, 0.1) is 17.6 Å². The van der Waals surface area contributed by atoms with Crippen LogP contribution in [0.15, 0.2) is 70.2 Å². The first kappa shape index (κ1) is 18.3. The third-order valence-electron chi connectivity index (χ3n) is 3.68. The fourth-order valence-electron chi connectivity index (χ4n) is 2.41. The van der Waals surface area contributed by atoms with Crippen molar-refractivity contribution in [1.29, 1.82) is 0 Å². The van der Waals surface area contributed by atoms with Crippen molar-refractivity contribution in [2.24, 2.45) is 5.10 Å². The van der Waals surface area contributed by atoms with E-state index in [-0.39, 0.29) is 12.1 Å². The summed E-state index contributed by atoms with van der Waals surface area (Å²) in [5.41, 5.74) is 3.41. The number of amides is 1. The van der Waals surface area contributed by atoms with Crippen LogP contribution in [-0.4, -0.2) is 17.0 Å². The van der Waals surface area contributed by atoms with Gasteiger partial charge in [-0.1, -0.05) is 29.8 Å². The second-order valence-electron chi connectivity index (χ2n) is 5.56. The molecule has 0 bridgehead atoms. The van der Waals surface area contributed by atoms with E-state index in [2.05, 4.69) is 10.5 Å². The highest BCUT2D eigenvalue weighted by atomic mass is 35.5. The maximum atomic E-state index is 11.9. The molecule has 27 heavy (non-hydrogen) atoms. The van der Waals surface area contributed by atoms with Gasteiger partial charge in [0, 0.05) is 22.2 Å². The Hall–Kier alpha value is -3.45. The number of rotatable bonds is 6. The highest BCUT2D eigenvalue weighted by molar-refractivity contribution is 6.30. The van der Waals surface area contributed by atoms with Gasteiger partial charge in [-0.3, -0.25) is 14.9 Å². The zero-order chi connectivity index (χ0) is 19.2. The molecule has 1 N–H and O–H groups in total. The van der Waals surface area contributed by atoms with Crippen molar-refractivity contribution in [3.63, 3.8) is 0 Å². The summed E-state index contributed by atoms with van der Waals surface area (Å²) in [7, 11) is 0. The number of nitro benzene ring substituents is 1. The quantitative estimate of drug-likeness (QED) is 0.391. The van der Waals surface area contributed by atoms with E-state index in [1.54, 1.807) is 36.4 Å². The van der Waals surface area contributed by atoms with Crippen molar-refractivity contribution < 1.29 is 14.1 Å². The summed E-state index contributed by atoms with van der Waals surface area (Å²) in [5.74, 6) is 0.621. The number of hydrogen-bond acceptors (Lipinski definition) is 5. The molecule has 2 aromatic carbocycles. The largest absolute Gasteiger partial charge is 0.455 e. The number of carbonyl (C=O) groups is 1. The minimum absolute atomic E-state index is 0.102. The Labute approximate surface area is 159 Å². The topological polar surface area (TPSA) is 97.7 Å². The number of furan rings is 1. The molecular formula is C19H14ClN3O4. The first-order valence-electron chi connectivity index (χ1n) is 7.93. The summed E-state index contributed by atoms with van der Waals surface area (Å²) >= 11 is 5.86. The monoisotopic (exact) mass is 383 g/mol. The molecule has 0 fully saturated rings. The van der Waals surface area contributed by atoms with Gasteiger partial charge >= 0.3 is 0 Å². The SMILES string of the molecule is O=C(Cc1ccccc1[N+](=O)[O-])N/N=C/c1ccc(-c2ccc(Cl)cc2)o1. The van der Waals surface area contributed by atoms with Crippen LogP contribution in [0.1, 0.15) is 11.3 Å². The molecule has 7 nitrogen and oxygen atoms in total. The fourth-order valence-corrected chi connectivity index (χ4v) is 2.54. The Balaban J connectivity index is 1.60. The van der Waals surface area contributed by atoms with Crippen LogP contribution < -0.4 is 5.43 Å². The molecule has 3 rings (SSSR count). The number of nitrogens with zero attached hydrogens (tertiary/aromatic N) is 2. The second kappa shape index (κ2) is 8.29. The van der Waals surface area contributed by atoms with Crippen LogP contribution in [0.2, 0.25) is 5.02 Å². The zero-order valence-corrected chi connectivity index (χ0v) is 14.7. The van der Waals surface area contributed by atoms with Crippen molar-refractivity contribution in [1.82, 2.24) is 5.43 Å². The minimum Gasteiger partial charge on any atom is -0.455 e. The molecule has 1 aromatic heterocycles. The van der Waals surface area contributed by atoms with Gasteiger partial charge < -0.3 is 4.42 Å². The molecule has 0 saturated carbocycles. The van der Waals surface area contributed by atoms with Gasteiger partial charge in [-0.25, -0.2) is 5.43 Å². The van der Waals surface area contributed by atoms with Crippen LogP contribution >= 0.6 is 11.6 Å². The molecule has 0 aliphatic rings. The van der Waals surface area contributed by atoms with Crippen LogP contribution in [-0.2, 0) is 11.2 Å². The van der Waals surface area contributed by atoms with Crippen molar-refractivity contribution in [3.8, 4) is 11.3 Å². The number of carbonyl (C=O) groups excluding carboxylic acids is 1. The van der Waals surface area contributed by atoms with Crippen molar-refractivity contribution in [2.45, 2.75) is 6.42 Å². The van der Waals surface area contributed by atoms with Crippen LogP contribution in [0.25, 0.3) is 11.3 Å². The summed E-state index contributed by atoms with van der Waals surface area (Å²) in [4.78, 5) is 22.4. The maximum Gasteiger partial charge on any atom is 0.273 e. The average Bonchev–Trinajstić information content (AvgIpc) is 3.11. The number of nitro groups is 1. The lowest BCUT2D eigenvalue weighted by molar-refractivity contribution is -0.385. The van der Waals surface area contributed by atoms with Gasteiger partial charge in [0.1, 0.15) is 11.5 Å². The Kier molecular flexibility index (Phi) is 5.63. The van der Waals surface area contributed by atoms with Crippen LogP contribution in [0.4, 0.5) is 5.69 Å². The molecular weight excluding hydrogens is 370 g/mol. The van der Waals surface area contributed by atoms with Crippen molar-refractivity contribution in [3.05, 3.63) is 87.1 Å². The fraction of sp³-hybridized carbons (Fsp3) is 0.0526. The van der Waals surface area contributed by atoms with Crippen molar-refractivity contribution in [2.75, 3.05) is 0 Å². The van der Waals surface area contributed by atoms with Crippen LogP contribution in [0, 0.1) is 10.1 Å². The van der Waals surface area contributed by atoms with E-state index >= 15 is 0 Å². The zero-order valence-electron chi connectivity index (χ0n) is 14.0. The third kappa shape index (κ3) is 4.80. The standard InChI is InChI=1S/C19H14ClN3O4/c20-15-7-5-13(6-8-15)18-10-9-16(27-18)12-21-22-19(24)11-14-3-1-2-4-17(14)23(25)26/h1-10,12H,11H2,(H,22,24)/b21-12+. The van der Waals surface area contributed by atoms with Gasteiger partial charge in [0.25, 0.3) is 5.69 Å². The first-order chi connectivity index (χ1) is 13.0. The average molecular weight is 384 g/mol. The maximum absolute atomic E-state index is 11.9. The molecule has 0 unspecified atom stereocenters. The van der Waals surface area contributed by atoms with E-state index in [1.807, 2.05) is 12.1 Å². The molecule has 1 heterocycles. The summed E-state index contributed by atoms with van der Waals surface area (Å²) < 4.78 is 5.63. The molecule has 0 aliphatic carbocycles. The molecule has 3 aromatic rings. The number of hydrazone groups is 1. The van der Waals surface area contributed by atoms with Crippen LogP contribution in [0.5, 0.6) is 0 Å². The molecule has 0 saturated heterocycles. The Morgan fingerprint density at radius 1 is 1.15 bits per heavy atom. The Morgan fingerprint density at radius 2 is 1.89 bits per heavy atom. The third-order valence-corrected chi connectivity index (χ3v) is 3.93. The lowest BCUT2D eigenvalue weighted by Gasteiger charge is -2.01. The number of hydrogen-bond donors (Lipinski definition) is 1. The number of nitrogens with one attached hydrogen (secondary N) is 1. The van der Waals surface area contributed by atoms with Gasteiger partial charge in [0.2, 0.25) is 5.91 Å². The van der Waals surface area contributed by atoms with E-state index < -0.39 is 10.8 Å². The Morgan fingerprint density at radius 3 is 2.63 bits per heavy atom. The number of para-hydroxylation sites is 1. The van der Waals surface area contributed by atoms with Gasteiger partial charge in [-0.05, 0) is 36.4 Å². The highest BCUT2D eigenvalue weighted by Gasteiger charge is 2.15. The molecule has 0 atom stereocenters. The normalized spacial score (nSPS) is 10.9. The van der Waals surface area contributed by atoms with E-state index in [1.165, 1.54) is 18.3 Å². The summed E-state index contributed by atoms with van der Waals surface area (Å²) in [6.45, 7) is 0. The van der Waals surface area contributed by atoms with E-state index in [9.17, 15) is 14.9 Å². The molecule has 1 amide bonds. The lowest BCUT2D eigenvalue weighted by Crippen LogP contribution is -2.20. The molecule has 0 radical (unpaired) electrons. The van der Waals surface area contributed by atoms with E-state index in [0.717, 1.165) is 5.56 Å². The number of benzene rings is 2. The summed E-state index contributed by atoms with van der Waals surface area (Å²) in [5, 5.41) is 15.4. The molecule has 0 spiro atoms. The predicted molar refractivity (Wildman–Crippen MR) is 102 cm³/mol. The number of halogens is 1. The van der Waals surface area contributed by atoms with Crippen molar-refractivity contribution >= 4 is 29.4 Å². The van der Waals surface area contributed by atoms with E-state index in [4.69, 9.17) is 16.0 Å². The Bertz CT molecular complexity index is 996. The summed E-state index contributed by atoms with van der Waals surface area (Å²) in [6, 6.07) is 16.7. The van der Waals surface area contributed by atoms with Gasteiger partial charge in [-0.15, -0.1) is 0 Å². The highest BCUT2D eigenvalue weighted by Crippen LogP contribution is 2.23. The first-order valence-corrected chi connectivity index (χ1v) is 8.31. The minimum atomic E-state index is -0.521. The van der Waals surface area contributed by atoms with Crippen LogP contribution in [0.3, 0.4) is 0 Å². The second-order valence-corrected chi connectivity index (χ2v) is 6.00. The smallest absolute Gasteiger partial charge is 0.273 e. The van der Waals surface area contributed by atoms with E-state index in [0.29, 0.717) is 22.1 Å². The van der Waals surface area contributed by atoms with Gasteiger partial charge in [-0.2, -0.15) is 5.10 Å². The lowest BCUT2D eigenvalue weighted by atomic mass is 10.1. The molecule has 8 heteroatoms. The predicted octanol–water partition coefficient (Wildman–Crippen LogP) is 4.20. The molecule has 0 aliphatic heterocycles. The van der Waals surface area contributed by atoms with Gasteiger partial charge in [0.15, 0.2) is 0 Å².